The highest BCUT2D eigenvalue weighted by Gasteiger charge is 2.64. The van der Waals surface area contributed by atoms with Gasteiger partial charge in [0.15, 0.2) is 5.72 Å². The molecule has 2 aromatic carbocycles. The van der Waals surface area contributed by atoms with E-state index in [4.69, 9.17) is 41.0 Å². The lowest BCUT2D eigenvalue weighted by atomic mass is 9.83. The Morgan fingerprint density at radius 3 is 2.65 bits per heavy atom. The number of amides is 3. The summed E-state index contributed by atoms with van der Waals surface area (Å²) in [5, 5.41) is 17.1. The van der Waals surface area contributed by atoms with Crippen LogP contribution >= 0.6 is 11.6 Å². The molecule has 0 unspecified atom stereocenters. The number of ether oxygens (including phenoxy) is 5. The number of halogens is 1. The second-order valence-electron chi connectivity index (χ2n) is 12.9. The molecule has 5 N–H and O–H groups in total. The molecule has 0 saturated carbocycles. The normalized spacial score (nSPS) is 32.0. The Hall–Kier alpha value is -4.30. The monoisotopic (exact) mass is 698 g/mol. The number of epoxide rings is 1. The Labute approximate surface area is 290 Å². The number of nitrogen functional groups attached to an aromatic ring is 1. The highest BCUT2D eigenvalue weighted by Crippen LogP contribution is 2.49. The first kappa shape index (κ1) is 36.0. The lowest BCUT2D eigenvalue weighted by molar-refractivity contribution is -0.142. The third kappa shape index (κ3) is 7.64. The minimum Gasteiger partial charge on any atom is -0.495 e. The van der Waals surface area contributed by atoms with Gasteiger partial charge < -0.3 is 39.4 Å². The van der Waals surface area contributed by atoms with Gasteiger partial charge in [0.1, 0.15) is 34.7 Å². The molecule has 0 spiro atoms. The lowest BCUT2D eigenvalue weighted by Crippen LogP contribution is -2.63. The van der Waals surface area contributed by atoms with Crippen LogP contribution < -0.4 is 26.0 Å². The van der Waals surface area contributed by atoms with Crippen molar-refractivity contribution in [1.82, 2.24) is 5.32 Å². The van der Waals surface area contributed by atoms with Gasteiger partial charge in [0.2, 0.25) is 5.91 Å². The van der Waals surface area contributed by atoms with E-state index in [9.17, 15) is 19.5 Å². The fourth-order valence-electron chi connectivity index (χ4n) is 6.48. The Morgan fingerprint density at radius 1 is 1.22 bits per heavy atom. The molecule has 0 radical (unpaired) electrons. The van der Waals surface area contributed by atoms with Gasteiger partial charge in [-0.2, -0.15) is 0 Å². The van der Waals surface area contributed by atoms with Gasteiger partial charge in [-0.1, -0.05) is 54.5 Å². The van der Waals surface area contributed by atoms with Crippen molar-refractivity contribution in [2.45, 2.75) is 75.8 Å². The quantitative estimate of drug-likeness (QED) is 0.253. The third-order valence-electron chi connectivity index (χ3n) is 9.40. The number of nitrogens with two attached hydrogens (primary N) is 1. The molecular weight excluding hydrogens is 656 g/mol. The largest absolute Gasteiger partial charge is 0.495 e. The van der Waals surface area contributed by atoms with Crippen molar-refractivity contribution in [3.63, 3.8) is 0 Å². The molecule has 0 aromatic heterocycles. The van der Waals surface area contributed by atoms with E-state index >= 15 is 0 Å². The molecule has 2 saturated heterocycles. The number of benzene rings is 2. The number of alkyl carbamates (subject to hydrolysis) is 1. The smallest absolute Gasteiger partial charge is 0.412 e. The minimum absolute atomic E-state index is 0.0352. The number of hydrogen-bond donors (Lipinski definition) is 4. The van der Waals surface area contributed by atoms with Crippen LogP contribution in [0, 0.1) is 5.92 Å². The molecule has 14 heteroatoms. The summed E-state index contributed by atoms with van der Waals surface area (Å²) in [5.41, 5.74) is 5.85. The number of methoxy groups -OCH3 is 2. The Balaban J connectivity index is 1.55. The van der Waals surface area contributed by atoms with Crippen molar-refractivity contribution in [2.75, 3.05) is 37.2 Å². The summed E-state index contributed by atoms with van der Waals surface area (Å²) in [6, 6.07) is 10.3. The number of nitrogens with zero attached hydrogens (tertiary/aromatic N) is 1. The molecule has 3 amide bonds. The molecule has 264 valence electrons. The maximum Gasteiger partial charge on any atom is 0.412 e. The second kappa shape index (κ2) is 14.3. The van der Waals surface area contributed by atoms with Gasteiger partial charge in [-0.05, 0) is 50.1 Å². The van der Waals surface area contributed by atoms with Crippen LogP contribution in [0.3, 0.4) is 0 Å². The Bertz CT molecular complexity index is 1670. The fourth-order valence-corrected chi connectivity index (χ4v) is 6.80. The molecular formula is C35H43ClN4O9. The van der Waals surface area contributed by atoms with E-state index in [1.165, 1.54) is 19.1 Å². The number of fused-ring (bicyclic) bond motifs is 5. The van der Waals surface area contributed by atoms with Gasteiger partial charge in [-0.3, -0.25) is 15.4 Å². The topological polar surface area (TPSA) is 174 Å². The summed E-state index contributed by atoms with van der Waals surface area (Å²) in [6.45, 7) is 5.45. The molecule has 3 heterocycles. The molecule has 3 aliphatic rings. The van der Waals surface area contributed by atoms with Crippen molar-refractivity contribution in [3.8, 4) is 5.75 Å². The van der Waals surface area contributed by atoms with E-state index < -0.39 is 59.8 Å². The first-order chi connectivity index (χ1) is 23.2. The number of carbonyl (C=O) groups is 3. The van der Waals surface area contributed by atoms with Crippen molar-refractivity contribution in [3.05, 3.63) is 70.8 Å². The van der Waals surface area contributed by atoms with Gasteiger partial charge in [-0.15, -0.1) is 0 Å². The van der Waals surface area contributed by atoms with Crippen molar-refractivity contribution in [1.29, 1.82) is 0 Å². The van der Waals surface area contributed by atoms with Crippen LogP contribution in [0.15, 0.2) is 60.2 Å². The predicted molar refractivity (Wildman–Crippen MR) is 184 cm³/mol. The van der Waals surface area contributed by atoms with E-state index in [1.54, 1.807) is 69.4 Å². The molecule has 2 aromatic rings. The summed E-state index contributed by atoms with van der Waals surface area (Å²) in [5.74, 6) is -0.540. The Kier molecular flexibility index (Phi) is 10.5. The van der Waals surface area contributed by atoms with Crippen molar-refractivity contribution >= 4 is 46.8 Å². The number of rotatable bonds is 4. The number of carbonyl (C=O) groups excluding carboxylic acids is 3. The summed E-state index contributed by atoms with van der Waals surface area (Å²) >= 11 is 6.72. The number of allylic oxidation sites excluding steroid dienone is 3. The number of aliphatic hydroxyl groups is 1. The maximum absolute atomic E-state index is 14.0. The number of para-hydroxylation sites is 2. The second-order valence-corrected chi connectivity index (χ2v) is 13.3. The summed E-state index contributed by atoms with van der Waals surface area (Å²) in [7, 11) is 4.51. The molecule has 0 aliphatic carbocycles. The number of hydrogen-bond acceptors (Lipinski definition) is 10. The van der Waals surface area contributed by atoms with Crippen LogP contribution in [0.5, 0.6) is 5.75 Å². The van der Waals surface area contributed by atoms with Crippen molar-refractivity contribution < 1.29 is 43.2 Å². The molecule has 49 heavy (non-hydrogen) atoms. The van der Waals surface area contributed by atoms with Crippen LogP contribution in [-0.4, -0.2) is 80.2 Å². The summed E-state index contributed by atoms with van der Waals surface area (Å²) < 4.78 is 28.9. The van der Waals surface area contributed by atoms with Gasteiger partial charge in [0, 0.05) is 26.5 Å². The number of nitrogens with one attached hydrogen (secondary N) is 2. The molecule has 2 fully saturated rings. The van der Waals surface area contributed by atoms with Gasteiger partial charge >= 0.3 is 12.2 Å². The lowest BCUT2D eigenvalue weighted by Gasteiger charge is -2.42. The van der Waals surface area contributed by atoms with Crippen LogP contribution in [0.2, 0.25) is 5.02 Å². The Morgan fingerprint density at radius 2 is 1.96 bits per heavy atom. The van der Waals surface area contributed by atoms with Crippen molar-refractivity contribution in [2.24, 2.45) is 5.92 Å². The average Bonchev–Trinajstić information content (AvgIpc) is 3.75. The predicted octanol–water partition coefficient (Wildman–Crippen LogP) is 4.96. The van der Waals surface area contributed by atoms with Crippen LogP contribution in [0.25, 0.3) is 0 Å². The van der Waals surface area contributed by atoms with E-state index in [2.05, 4.69) is 10.6 Å². The average molecular weight is 699 g/mol. The fraction of sp³-hybridized carbons (Fsp3) is 0.457. The zero-order valence-electron chi connectivity index (χ0n) is 28.3. The van der Waals surface area contributed by atoms with E-state index in [0.29, 0.717) is 29.2 Å². The molecule has 5 rings (SSSR count). The summed E-state index contributed by atoms with van der Waals surface area (Å²) in [4.78, 5) is 41.4. The highest BCUT2D eigenvalue weighted by molar-refractivity contribution is 6.35. The SMILES string of the molecule is COc1cc2cc(c1Cl)N(C)C(=O)C[C@H](OC(=O)Nc1ccccc1N)[C@]1(C)O[C@H]1[C@H](C)[C@@H]1C[C@@](O)(NC(=O)O1)[C@H](OC)/C=C/C=C(\C)C2. The molecule has 13 nitrogen and oxygen atoms in total. The van der Waals surface area contributed by atoms with E-state index in [0.717, 1.165) is 11.1 Å². The molecule has 3 aliphatic heterocycles. The number of anilines is 3. The summed E-state index contributed by atoms with van der Waals surface area (Å²) in [6.07, 6.45) is 0.253. The van der Waals surface area contributed by atoms with Crippen LogP contribution in [0.1, 0.15) is 39.2 Å². The third-order valence-corrected chi connectivity index (χ3v) is 9.78. The van der Waals surface area contributed by atoms with Gasteiger partial charge in [0.05, 0.1) is 36.7 Å². The molecule has 4 bridgehead atoms. The van der Waals surface area contributed by atoms with Crippen LogP contribution in [-0.2, 0) is 30.2 Å². The zero-order chi connectivity index (χ0) is 35.7. The first-order valence-electron chi connectivity index (χ1n) is 15.9. The molecule has 7 atom stereocenters. The van der Waals surface area contributed by atoms with E-state index in [1.807, 2.05) is 13.0 Å². The van der Waals surface area contributed by atoms with Gasteiger partial charge in [0.25, 0.3) is 0 Å². The zero-order valence-corrected chi connectivity index (χ0v) is 29.1. The van der Waals surface area contributed by atoms with E-state index in [-0.39, 0.29) is 17.9 Å². The standard InChI is InChI=1S/C35H43ClN4O9/c1-19-10-9-13-27(46-6)35(44)18-26(47-33(43)39-35)20(2)31-34(3,49-31)28(48-32(42)38-23-12-8-7-11-22(23)37)17-29(41)40(4)24-15-21(14-19)16-25(45-5)30(24)36/h7-13,15-16,20,26-28,31,44H,14,17-18,37H2,1-6H3,(H,38,42)(H,39,43)/b13-9+,19-10+/t20-,26+,27-,28+,31+,34+,35+/m1/s1. The first-order valence-corrected chi connectivity index (χ1v) is 16.3. The van der Waals surface area contributed by atoms with Crippen LogP contribution in [0.4, 0.5) is 26.7 Å². The highest BCUT2D eigenvalue weighted by atomic mass is 35.5. The maximum atomic E-state index is 14.0. The minimum atomic E-state index is -1.81. The van der Waals surface area contributed by atoms with Gasteiger partial charge in [-0.25, -0.2) is 9.59 Å².